The van der Waals surface area contributed by atoms with Crippen LogP contribution in [0.5, 0.6) is 0 Å². The van der Waals surface area contributed by atoms with Gasteiger partial charge in [0.1, 0.15) is 11.4 Å². The van der Waals surface area contributed by atoms with Crippen molar-refractivity contribution in [3.8, 4) is 6.07 Å². The van der Waals surface area contributed by atoms with Crippen molar-refractivity contribution in [3.63, 3.8) is 0 Å². The fraction of sp³-hybridized carbons (Fsp3) is 0.750. The fourth-order valence-electron chi connectivity index (χ4n) is 2.45. The molecule has 0 fully saturated rings. The Hall–Kier alpha value is -1.38. The Morgan fingerprint density at radius 2 is 2.24 bits per heavy atom. The normalized spacial score (nSPS) is 14.1. The van der Waals surface area contributed by atoms with Crippen molar-refractivity contribution in [2.45, 2.75) is 51.6 Å². The molecule has 0 aromatic carbocycles. The molecule has 5 nitrogen and oxygen atoms in total. The second-order valence-electron chi connectivity index (χ2n) is 5.77. The van der Waals surface area contributed by atoms with Crippen LogP contribution >= 0.6 is 0 Å². The number of rotatable bonds is 10. The van der Waals surface area contributed by atoms with Gasteiger partial charge in [-0.1, -0.05) is 13.8 Å². The summed E-state index contributed by atoms with van der Waals surface area (Å²) in [5.41, 5.74) is -0.361. The van der Waals surface area contributed by atoms with Crippen LogP contribution in [0.4, 0.5) is 0 Å². The summed E-state index contributed by atoms with van der Waals surface area (Å²) in [4.78, 5) is 6.61. The molecule has 0 aliphatic carbocycles. The van der Waals surface area contributed by atoms with E-state index in [9.17, 15) is 5.26 Å². The summed E-state index contributed by atoms with van der Waals surface area (Å²) in [6, 6.07) is 2.48. The van der Waals surface area contributed by atoms with Crippen molar-refractivity contribution in [1.82, 2.24) is 19.8 Å². The Morgan fingerprint density at radius 1 is 1.48 bits per heavy atom. The fourth-order valence-corrected chi connectivity index (χ4v) is 2.45. The van der Waals surface area contributed by atoms with Crippen molar-refractivity contribution in [2.75, 3.05) is 20.1 Å². The van der Waals surface area contributed by atoms with Crippen LogP contribution in [0.3, 0.4) is 0 Å². The van der Waals surface area contributed by atoms with Gasteiger partial charge in [0.25, 0.3) is 0 Å². The number of aromatic nitrogens is 2. The van der Waals surface area contributed by atoms with Gasteiger partial charge >= 0.3 is 0 Å². The van der Waals surface area contributed by atoms with E-state index in [4.69, 9.17) is 0 Å². The van der Waals surface area contributed by atoms with Gasteiger partial charge < -0.3 is 4.57 Å². The highest BCUT2D eigenvalue weighted by molar-refractivity contribution is 5.06. The SMILES string of the molecule is CCCNC(C#N)(CC)CCCN(C)Cc1nccn1C. The number of nitriles is 1. The van der Waals surface area contributed by atoms with E-state index < -0.39 is 0 Å². The number of imidazole rings is 1. The maximum absolute atomic E-state index is 9.47. The topological polar surface area (TPSA) is 56.9 Å². The number of aryl methyl sites for hydroxylation is 1. The molecular formula is C16H29N5. The molecule has 118 valence electrons. The molecule has 0 saturated carbocycles. The molecule has 1 unspecified atom stereocenters. The number of nitrogens with one attached hydrogen (secondary N) is 1. The zero-order valence-corrected chi connectivity index (χ0v) is 13.9. The molecule has 0 radical (unpaired) electrons. The Bertz CT molecular complexity index is 448. The first-order valence-electron chi connectivity index (χ1n) is 7.88. The minimum Gasteiger partial charge on any atom is -0.337 e. The summed E-state index contributed by atoms with van der Waals surface area (Å²) in [6.07, 6.45) is 7.62. The maximum atomic E-state index is 9.47. The van der Waals surface area contributed by atoms with E-state index in [-0.39, 0.29) is 5.54 Å². The molecule has 0 saturated heterocycles. The molecule has 0 amide bonds. The zero-order chi connectivity index (χ0) is 15.7. The first-order valence-corrected chi connectivity index (χ1v) is 7.88. The quantitative estimate of drug-likeness (QED) is 0.718. The number of hydrogen-bond acceptors (Lipinski definition) is 4. The van der Waals surface area contributed by atoms with Crippen LogP contribution in [0.25, 0.3) is 0 Å². The third-order valence-corrected chi connectivity index (χ3v) is 4.01. The molecule has 0 aliphatic heterocycles. The Morgan fingerprint density at radius 3 is 2.76 bits per heavy atom. The largest absolute Gasteiger partial charge is 0.337 e. The molecule has 5 heteroatoms. The highest BCUT2D eigenvalue weighted by Crippen LogP contribution is 2.17. The van der Waals surface area contributed by atoms with Crippen molar-refractivity contribution in [1.29, 1.82) is 5.26 Å². The van der Waals surface area contributed by atoms with Crippen molar-refractivity contribution >= 4 is 0 Å². The smallest absolute Gasteiger partial charge is 0.122 e. The first-order chi connectivity index (χ1) is 10.1. The third kappa shape index (κ3) is 5.49. The number of nitrogens with zero attached hydrogens (tertiary/aromatic N) is 4. The molecule has 1 heterocycles. The molecule has 21 heavy (non-hydrogen) atoms. The summed E-state index contributed by atoms with van der Waals surface area (Å²) < 4.78 is 2.05. The van der Waals surface area contributed by atoms with Gasteiger partial charge in [-0.25, -0.2) is 4.98 Å². The average Bonchev–Trinajstić information content (AvgIpc) is 2.88. The second kappa shape index (κ2) is 8.81. The van der Waals surface area contributed by atoms with Gasteiger partial charge in [0, 0.05) is 19.4 Å². The molecule has 1 N–H and O–H groups in total. The number of hydrogen-bond donors (Lipinski definition) is 1. The van der Waals surface area contributed by atoms with Gasteiger partial charge in [-0.2, -0.15) is 5.26 Å². The maximum Gasteiger partial charge on any atom is 0.122 e. The van der Waals surface area contributed by atoms with Crippen molar-refractivity contribution < 1.29 is 0 Å². The lowest BCUT2D eigenvalue weighted by molar-refractivity contribution is 0.282. The molecule has 1 rings (SSSR count). The van der Waals surface area contributed by atoms with Crippen molar-refractivity contribution in [2.24, 2.45) is 7.05 Å². The third-order valence-electron chi connectivity index (χ3n) is 4.01. The average molecular weight is 291 g/mol. The Kier molecular flexibility index (Phi) is 7.41. The van der Waals surface area contributed by atoms with E-state index in [1.807, 2.05) is 24.0 Å². The predicted octanol–water partition coefficient (Wildman–Crippen LogP) is 2.30. The van der Waals surface area contributed by atoms with Crippen LogP contribution in [0.2, 0.25) is 0 Å². The summed E-state index contributed by atoms with van der Waals surface area (Å²) in [5, 5.41) is 12.9. The van der Waals surface area contributed by atoms with E-state index in [1.165, 1.54) is 0 Å². The van der Waals surface area contributed by atoms with E-state index in [1.54, 1.807) is 0 Å². The lowest BCUT2D eigenvalue weighted by Crippen LogP contribution is -2.44. The molecule has 0 aliphatic rings. The van der Waals surface area contributed by atoms with E-state index in [0.717, 1.165) is 51.1 Å². The van der Waals surface area contributed by atoms with Crippen LogP contribution in [-0.4, -0.2) is 40.1 Å². The van der Waals surface area contributed by atoms with Crippen LogP contribution in [-0.2, 0) is 13.6 Å². The van der Waals surface area contributed by atoms with Crippen molar-refractivity contribution in [3.05, 3.63) is 18.2 Å². The van der Waals surface area contributed by atoms with Crippen LogP contribution in [0.15, 0.2) is 12.4 Å². The minimum atomic E-state index is -0.361. The van der Waals surface area contributed by atoms with Gasteiger partial charge in [0.05, 0.1) is 12.6 Å². The Balaban J connectivity index is 2.40. The summed E-state index contributed by atoms with van der Waals surface area (Å²) in [5.74, 6) is 1.07. The van der Waals surface area contributed by atoms with Gasteiger partial charge in [0.2, 0.25) is 0 Å². The summed E-state index contributed by atoms with van der Waals surface area (Å²) in [6.45, 7) is 6.95. The van der Waals surface area contributed by atoms with Crippen LogP contribution in [0.1, 0.15) is 45.4 Å². The molecule has 1 aromatic heterocycles. The highest BCUT2D eigenvalue weighted by Gasteiger charge is 2.26. The van der Waals surface area contributed by atoms with Gasteiger partial charge in [-0.15, -0.1) is 0 Å². The zero-order valence-electron chi connectivity index (χ0n) is 13.9. The summed E-state index contributed by atoms with van der Waals surface area (Å²) >= 11 is 0. The highest BCUT2D eigenvalue weighted by atomic mass is 15.1. The van der Waals surface area contributed by atoms with E-state index >= 15 is 0 Å². The van der Waals surface area contributed by atoms with Crippen LogP contribution in [0, 0.1) is 11.3 Å². The van der Waals surface area contributed by atoms with Crippen LogP contribution < -0.4 is 5.32 Å². The lowest BCUT2D eigenvalue weighted by Gasteiger charge is -2.27. The molecule has 1 aromatic rings. The first kappa shape index (κ1) is 17.7. The molecule has 0 spiro atoms. The molecule has 1 atom stereocenters. The van der Waals surface area contributed by atoms with Gasteiger partial charge in [-0.05, 0) is 45.8 Å². The Labute approximate surface area is 129 Å². The molecular weight excluding hydrogens is 262 g/mol. The predicted molar refractivity (Wildman–Crippen MR) is 85.7 cm³/mol. The standard InChI is InChI=1S/C16H29N5/c1-5-9-19-16(6-2,14-17)8-7-11-20(3)13-15-18-10-12-21(15)4/h10,12,19H,5-9,11,13H2,1-4H3. The minimum absolute atomic E-state index is 0.361. The summed E-state index contributed by atoms with van der Waals surface area (Å²) in [7, 11) is 4.12. The lowest BCUT2D eigenvalue weighted by atomic mass is 9.91. The monoisotopic (exact) mass is 291 g/mol. The molecule has 0 bridgehead atoms. The van der Waals surface area contributed by atoms with E-state index in [2.05, 4.69) is 42.2 Å². The van der Waals surface area contributed by atoms with Gasteiger partial charge in [0.15, 0.2) is 0 Å². The second-order valence-corrected chi connectivity index (χ2v) is 5.77. The van der Waals surface area contributed by atoms with Gasteiger partial charge in [-0.3, -0.25) is 10.2 Å². The van der Waals surface area contributed by atoms with E-state index in [0.29, 0.717) is 0 Å².